The van der Waals surface area contributed by atoms with Crippen LogP contribution in [0.25, 0.3) is 0 Å². The number of phenols is 1. The van der Waals surface area contributed by atoms with E-state index < -0.39 is 5.54 Å². The average Bonchev–Trinajstić information content (AvgIpc) is 3.26. The molecular formula is C15H18N2O3. The second-order valence-electron chi connectivity index (χ2n) is 5.75. The largest absolute Gasteiger partial charge is 0.508 e. The van der Waals surface area contributed by atoms with Crippen molar-refractivity contribution in [1.29, 1.82) is 0 Å². The van der Waals surface area contributed by atoms with Gasteiger partial charge in [0.25, 0.3) is 0 Å². The van der Waals surface area contributed by atoms with E-state index in [0.29, 0.717) is 6.54 Å². The zero-order chi connectivity index (χ0) is 14.3. The fourth-order valence-electron chi connectivity index (χ4n) is 2.90. The third-order valence-corrected chi connectivity index (χ3v) is 4.37. The molecule has 0 bridgehead atoms. The molecule has 20 heavy (non-hydrogen) atoms. The lowest BCUT2D eigenvalue weighted by molar-refractivity contribution is -0.155. The number of nitrogens with one attached hydrogen (secondary N) is 1. The molecule has 0 radical (unpaired) electrons. The number of hydrogen-bond acceptors (Lipinski definition) is 3. The van der Waals surface area contributed by atoms with E-state index in [1.54, 1.807) is 29.2 Å². The van der Waals surface area contributed by atoms with E-state index in [2.05, 4.69) is 5.32 Å². The van der Waals surface area contributed by atoms with Crippen molar-refractivity contribution in [3.05, 3.63) is 29.8 Å². The summed E-state index contributed by atoms with van der Waals surface area (Å²) in [4.78, 5) is 26.2. The van der Waals surface area contributed by atoms with E-state index in [1.807, 2.05) is 6.92 Å². The van der Waals surface area contributed by atoms with E-state index in [4.69, 9.17) is 0 Å². The van der Waals surface area contributed by atoms with Crippen molar-refractivity contribution in [3.63, 3.8) is 0 Å². The van der Waals surface area contributed by atoms with Gasteiger partial charge in [-0.25, -0.2) is 0 Å². The van der Waals surface area contributed by atoms with Gasteiger partial charge in [0.1, 0.15) is 11.3 Å². The first-order valence-electron chi connectivity index (χ1n) is 6.88. The van der Waals surface area contributed by atoms with Crippen molar-refractivity contribution in [2.24, 2.45) is 5.92 Å². The highest BCUT2D eigenvalue weighted by Crippen LogP contribution is 2.44. The van der Waals surface area contributed by atoms with Crippen molar-refractivity contribution < 1.29 is 14.7 Å². The summed E-state index contributed by atoms with van der Waals surface area (Å²) in [7, 11) is 0. The summed E-state index contributed by atoms with van der Waals surface area (Å²) in [5.41, 5.74) is 0.172. The molecule has 2 fully saturated rings. The van der Waals surface area contributed by atoms with Crippen LogP contribution in [-0.2, 0) is 16.1 Å². The lowest BCUT2D eigenvalue weighted by Gasteiger charge is -2.44. The van der Waals surface area contributed by atoms with Crippen molar-refractivity contribution in [1.82, 2.24) is 10.2 Å². The minimum absolute atomic E-state index is 0.0490. The highest BCUT2D eigenvalue weighted by molar-refractivity contribution is 5.98. The number of benzene rings is 1. The maximum Gasteiger partial charge on any atom is 0.246 e. The molecule has 2 aliphatic rings. The number of aromatic hydroxyl groups is 1. The summed E-state index contributed by atoms with van der Waals surface area (Å²) in [6.07, 6.45) is 1.98. The molecule has 5 heteroatoms. The smallest absolute Gasteiger partial charge is 0.246 e. The van der Waals surface area contributed by atoms with Crippen LogP contribution in [-0.4, -0.2) is 33.9 Å². The molecule has 1 aliphatic heterocycles. The lowest BCUT2D eigenvalue weighted by atomic mass is 9.89. The predicted octanol–water partition coefficient (Wildman–Crippen LogP) is 1.02. The highest BCUT2D eigenvalue weighted by atomic mass is 16.3. The summed E-state index contributed by atoms with van der Waals surface area (Å²) in [5, 5.41) is 12.0. The zero-order valence-electron chi connectivity index (χ0n) is 11.4. The first kappa shape index (κ1) is 13.0. The van der Waals surface area contributed by atoms with Crippen LogP contribution in [0.2, 0.25) is 0 Å². The third kappa shape index (κ3) is 2.03. The first-order chi connectivity index (χ1) is 9.51. The topological polar surface area (TPSA) is 69.6 Å². The summed E-state index contributed by atoms with van der Waals surface area (Å²) in [6.45, 7) is 2.33. The molecule has 1 heterocycles. The molecule has 1 unspecified atom stereocenters. The predicted molar refractivity (Wildman–Crippen MR) is 72.8 cm³/mol. The number of piperazine rings is 1. The number of phenolic OH excluding ortho intramolecular Hbond substituents is 1. The van der Waals surface area contributed by atoms with Gasteiger partial charge in [0.05, 0.1) is 6.54 Å². The van der Waals surface area contributed by atoms with Crippen LogP contribution >= 0.6 is 0 Å². The molecule has 1 aromatic rings. The Morgan fingerprint density at radius 1 is 1.30 bits per heavy atom. The van der Waals surface area contributed by atoms with E-state index in [0.717, 1.165) is 18.4 Å². The first-order valence-corrected chi connectivity index (χ1v) is 6.88. The molecule has 0 spiro atoms. The monoisotopic (exact) mass is 274 g/mol. The van der Waals surface area contributed by atoms with Crippen LogP contribution < -0.4 is 5.32 Å². The molecule has 2 amide bonds. The average molecular weight is 274 g/mol. The Labute approximate surface area is 117 Å². The van der Waals surface area contributed by atoms with Crippen molar-refractivity contribution in [3.8, 4) is 5.75 Å². The van der Waals surface area contributed by atoms with Gasteiger partial charge in [-0.2, -0.15) is 0 Å². The van der Waals surface area contributed by atoms with E-state index in [9.17, 15) is 14.7 Å². The number of carbonyl (C=O) groups excluding carboxylic acids is 2. The number of hydrogen-bond donors (Lipinski definition) is 2. The minimum atomic E-state index is -0.743. The Balaban J connectivity index is 1.89. The molecule has 1 saturated heterocycles. The number of carbonyl (C=O) groups is 2. The second-order valence-corrected chi connectivity index (χ2v) is 5.75. The van der Waals surface area contributed by atoms with Crippen molar-refractivity contribution in [2.45, 2.75) is 31.8 Å². The van der Waals surface area contributed by atoms with Gasteiger partial charge in [0, 0.05) is 6.54 Å². The number of rotatable bonds is 3. The molecule has 1 aliphatic carbocycles. The van der Waals surface area contributed by atoms with Gasteiger partial charge in [0.15, 0.2) is 0 Å². The Bertz CT molecular complexity index is 551. The van der Waals surface area contributed by atoms with Gasteiger partial charge in [-0.05, 0) is 43.4 Å². The van der Waals surface area contributed by atoms with Gasteiger partial charge in [-0.1, -0.05) is 12.1 Å². The van der Waals surface area contributed by atoms with Gasteiger partial charge in [-0.15, -0.1) is 0 Å². The summed E-state index contributed by atoms with van der Waals surface area (Å²) >= 11 is 0. The molecule has 3 rings (SSSR count). The normalized spacial score (nSPS) is 26.6. The van der Waals surface area contributed by atoms with Crippen LogP contribution in [0.3, 0.4) is 0 Å². The van der Waals surface area contributed by atoms with Crippen LogP contribution in [0.1, 0.15) is 25.3 Å². The van der Waals surface area contributed by atoms with Gasteiger partial charge >= 0.3 is 0 Å². The Kier molecular flexibility index (Phi) is 2.92. The standard InChI is InChI=1S/C15H18N2O3/c1-15(11-4-5-11)14(20)16-8-13(19)17(15)9-10-2-6-12(18)7-3-10/h2-3,6-7,11,18H,4-5,8-9H2,1H3,(H,16,20). The van der Waals surface area contributed by atoms with Gasteiger partial charge < -0.3 is 15.3 Å². The van der Waals surface area contributed by atoms with Crippen LogP contribution in [0.4, 0.5) is 0 Å². The third-order valence-electron chi connectivity index (χ3n) is 4.37. The van der Waals surface area contributed by atoms with E-state index in [1.165, 1.54) is 0 Å². The molecule has 1 saturated carbocycles. The number of amides is 2. The Hall–Kier alpha value is -2.04. The molecule has 0 aromatic heterocycles. The van der Waals surface area contributed by atoms with Gasteiger partial charge in [0.2, 0.25) is 11.8 Å². The van der Waals surface area contributed by atoms with Crippen LogP contribution in [0, 0.1) is 5.92 Å². The number of nitrogens with zero attached hydrogens (tertiary/aromatic N) is 1. The SMILES string of the molecule is CC1(C2CC2)C(=O)NCC(=O)N1Cc1ccc(O)cc1. The molecule has 1 aromatic carbocycles. The highest BCUT2D eigenvalue weighted by Gasteiger charge is 2.54. The summed E-state index contributed by atoms with van der Waals surface area (Å²) in [5.74, 6) is 0.343. The zero-order valence-corrected chi connectivity index (χ0v) is 11.4. The fourth-order valence-corrected chi connectivity index (χ4v) is 2.90. The van der Waals surface area contributed by atoms with Gasteiger partial charge in [-0.3, -0.25) is 9.59 Å². The molecule has 1 atom stereocenters. The van der Waals surface area contributed by atoms with Crippen molar-refractivity contribution >= 4 is 11.8 Å². The molecule has 5 nitrogen and oxygen atoms in total. The quantitative estimate of drug-likeness (QED) is 0.864. The van der Waals surface area contributed by atoms with E-state index in [-0.39, 0.29) is 30.0 Å². The molecular weight excluding hydrogens is 256 g/mol. The minimum Gasteiger partial charge on any atom is -0.508 e. The van der Waals surface area contributed by atoms with Crippen LogP contribution in [0.15, 0.2) is 24.3 Å². The summed E-state index contributed by atoms with van der Waals surface area (Å²) < 4.78 is 0. The molecule has 106 valence electrons. The fraction of sp³-hybridized carbons (Fsp3) is 0.467. The maximum atomic E-state index is 12.3. The van der Waals surface area contributed by atoms with Crippen molar-refractivity contribution in [2.75, 3.05) is 6.54 Å². The molecule has 2 N–H and O–H groups in total. The maximum absolute atomic E-state index is 12.3. The second kappa shape index (κ2) is 4.51. The Morgan fingerprint density at radius 3 is 2.55 bits per heavy atom. The Morgan fingerprint density at radius 2 is 1.95 bits per heavy atom. The van der Waals surface area contributed by atoms with Crippen LogP contribution in [0.5, 0.6) is 5.75 Å². The lowest BCUT2D eigenvalue weighted by Crippen LogP contribution is -2.66. The van der Waals surface area contributed by atoms with E-state index >= 15 is 0 Å². The summed E-state index contributed by atoms with van der Waals surface area (Å²) in [6, 6.07) is 6.75.